The molecule has 1 rings (SSSR count). The van der Waals surface area contributed by atoms with Crippen molar-refractivity contribution in [1.82, 2.24) is 0 Å². The van der Waals surface area contributed by atoms with Crippen molar-refractivity contribution in [2.24, 2.45) is 0 Å². The van der Waals surface area contributed by atoms with Gasteiger partial charge in [-0.2, -0.15) is 13.2 Å². The van der Waals surface area contributed by atoms with Gasteiger partial charge >= 0.3 is 12.1 Å². The summed E-state index contributed by atoms with van der Waals surface area (Å²) in [5, 5.41) is 11.3. The van der Waals surface area contributed by atoms with Gasteiger partial charge in [0.2, 0.25) is 0 Å². The second-order valence-corrected chi connectivity index (χ2v) is 3.63. The van der Waals surface area contributed by atoms with Crippen LogP contribution in [0.2, 0.25) is 0 Å². The number of rotatable bonds is 5. The molecule has 0 fully saturated rings. The molecule has 0 spiro atoms. The molecule has 0 aromatic heterocycles. The van der Waals surface area contributed by atoms with Crippen molar-refractivity contribution in [3.8, 4) is 5.75 Å². The average Bonchev–Trinajstić information content (AvgIpc) is 2.27. The molecule has 0 heterocycles. The van der Waals surface area contributed by atoms with Gasteiger partial charge in [-0.25, -0.2) is 0 Å². The number of halogens is 3. The molecule has 0 radical (unpaired) electrons. The fraction of sp³-hybridized carbons (Fsp3) is 0.364. The molecular weight excluding hydrogens is 251 g/mol. The van der Waals surface area contributed by atoms with Crippen LogP contribution in [0.15, 0.2) is 24.3 Å². The number of aliphatic carboxylic acids is 1. The molecule has 7 heteroatoms. The highest BCUT2D eigenvalue weighted by atomic mass is 19.4. The highest BCUT2D eigenvalue weighted by Gasteiger charge is 2.28. The average molecular weight is 263 g/mol. The van der Waals surface area contributed by atoms with E-state index in [1.165, 1.54) is 31.2 Å². The lowest BCUT2D eigenvalue weighted by molar-refractivity contribution is -0.153. The van der Waals surface area contributed by atoms with Crippen molar-refractivity contribution < 1.29 is 27.8 Å². The van der Waals surface area contributed by atoms with Crippen LogP contribution in [-0.2, 0) is 4.79 Å². The van der Waals surface area contributed by atoms with Gasteiger partial charge < -0.3 is 15.2 Å². The predicted octanol–water partition coefficient (Wildman–Crippen LogP) is 2.51. The van der Waals surface area contributed by atoms with Crippen molar-refractivity contribution in [2.45, 2.75) is 19.1 Å². The molecule has 1 aromatic rings. The van der Waals surface area contributed by atoms with Crippen molar-refractivity contribution >= 4 is 11.7 Å². The summed E-state index contributed by atoms with van der Waals surface area (Å²) in [5.74, 6) is -0.951. The smallest absolute Gasteiger partial charge is 0.422 e. The minimum atomic E-state index is -4.38. The van der Waals surface area contributed by atoms with Gasteiger partial charge in [0.15, 0.2) is 6.61 Å². The summed E-state index contributed by atoms with van der Waals surface area (Å²) in [7, 11) is 0. The van der Waals surface area contributed by atoms with Gasteiger partial charge in [-0.05, 0) is 31.2 Å². The Kier molecular flexibility index (Phi) is 4.41. The lowest BCUT2D eigenvalue weighted by Crippen LogP contribution is -2.25. The number of carboxylic acids is 1. The molecule has 0 bridgehead atoms. The second kappa shape index (κ2) is 5.61. The highest BCUT2D eigenvalue weighted by Crippen LogP contribution is 2.20. The predicted molar refractivity (Wildman–Crippen MR) is 58.7 cm³/mol. The van der Waals surface area contributed by atoms with E-state index >= 15 is 0 Å². The van der Waals surface area contributed by atoms with E-state index in [1.54, 1.807) is 0 Å². The maximum atomic E-state index is 11.9. The molecule has 4 nitrogen and oxygen atoms in total. The number of alkyl halides is 3. The summed E-state index contributed by atoms with van der Waals surface area (Å²) in [6.07, 6.45) is -4.38. The van der Waals surface area contributed by atoms with Crippen LogP contribution in [0.4, 0.5) is 18.9 Å². The topological polar surface area (TPSA) is 58.6 Å². The molecule has 0 aliphatic heterocycles. The number of carboxylic acid groups (broad SMARTS) is 1. The van der Waals surface area contributed by atoms with Crippen LogP contribution >= 0.6 is 0 Å². The maximum Gasteiger partial charge on any atom is 0.422 e. The van der Waals surface area contributed by atoms with Gasteiger partial charge in [-0.1, -0.05) is 0 Å². The molecule has 18 heavy (non-hydrogen) atoms. The zero-order chi connectivity index (χ0) is 13.8. The number of carbonyl (C=O) groups is 1. The Morgan fingerprint density at radius 3 is 2.39 bits per heavy atom. The van der Waals surface area contributed by atoms with Crippen LogP contribution < -0.4 is 10.1 Å². The van der Waals surface area contributed by atoms with E-state index in [1.807, 2.05) is 0 Å². The molecular formula is C11H12F3NO3. The molecule has 1 unspecified atom stereocenters. The Labute approximate surface area is 101 Å². The van der Waals surface area contributed by atoms with Gasteiger partial charge in [0, 0.05) is 5.69 Å². The summed E-state index contributed by atoms with van der Waals surface area (Å²) >= 11 is 0. The lowest BCUT2D eigenvalue weighted by atomic mass is 10.2. The van der Waals surface area contributed by atoms with Gasteiger partial charge in [0.05, 0.1) is 0 Å². The van der Waals surface area contributed by atoms with Crippen LogP contribution in [0.1, 0.15) is 6.92 Å². The second-order valence-electron chi connectivity index (χ2n) is 3.63. The summed E-state index contributed by atoms with van der Waals surface area (Å²) in [6, 6.07) is 4.79. The van der Waals surface area contributed by atoms with Gasteiger partial charge in [0.1, 0.15) is 11.8 Å². The molecule has 0 aliphatic rings. The Bertz CT molecular complexity index is 403. The molecule has 2 N–H and O–H groups in total. The number of hydrogen-bond acceptors (Lipinski definition) is 3. The first kappa shape index (κ1) is 14.1. The first-order valence-electron chi connectivity index (χ1n) is 5.07. The van der Waals surface area contributed by atoms with Gasteiger partial charge in [-0.3, -0.25) is 4.79 Å². The monoisotopic (exact) mass is 263 g/mol. The van der Waals surface area contributed by atoms with Crippen LogP contribution in [0.5, 0.6) is 5.75 Å². The zero-order valence-electron chi connectivity index (χ0n) is 9.49. The Morgan fingerprint density at radius 2 is 1.94 bits per heavy atom. The van der Waals surface area contributed by atoms with Crippen molar-refractivity contribution in [3.05, 3.63) is 24.3 Å². The van der Waals surface area contributed by atoms with Crippen molar-refractivity contribution in [3.63, 3.8) is 0 Å². The Hall–Kier alpha value is -1.92. The zero-order valence-corrected chi connectivity index (χ0v) is 9.49. The first-order chi connectivity index (χ1) is 8.28. The third kappa shape index (κ3) is 4.94. The summed E-state index contributed by atoms with van der Waals surface area (Å²) in [4.78, 5) is 10.6. The van der Waals surface area contributed by atoms with E-state index < -0.39 is 24.8 Å². The van der Waals surface area contributed by atoms with E-state index in [0.717, 1.165) is 0 Å². The number of nitrogens with one attached hydrogen (secondary N) is 1. The number of benzene rings is 1. The highest BCUT2D eigenvalue weighted by molar-refractivity contribution is 5.76. The minimum absolute atomic E-state index is 0.0702. The van der Waals surface area contributed by atoms with Gasteiger partial charge in [0.25, 0.3) is 0 Å². The maximum absolute atomic E-state index is 11.9. The molecule has 0 aliphatic carbocycles. The molecule has 1 atom stereocenters. The van der Waals surface area contributed by atoms with E-state index in [0.29, 0.717) is 5.69 Å². The number of hydrogen-bond donors (Lipinski definition) is 2. The molecule has 100 valence electrons. The molecule has 0 amide bonds. The summed E-state index contributed by atoms with van der Waals surface area (Å²) < 4.78 is 40.1. The number of ether oxygens (including phenoxy) is 1. The lowest BCUT2D eigenvalue weighted by Gasteiger charge is -2.12. The Morgan fingerprint density at radius 1 is 1.39 bits per heavy atom. The van der Waals surface area contributed by atoms with E-state index in [9.17, 15) is 18.0 Å². The third-order valence-corrected chi connectivity index (χ3v) is 2.01. The fourth-order valence-electron chi connectivity index (χ4n) is 1.12. The standard InChI is InChI=1S/C11H12F3NO3/c1-7(10(16)17)15-8-2-4-9(5-3-8)18-6-11(12,13)14/h2-5,7,15H,6H2,1H3,(H,16,17). The van der Waals surface area contributed by atoms with Crippen LogP contribution in [0.3, 0.4) is 0 Å². The minimum Gasteiger partial charge on any atom is -0.484 e. The largest absolute Gasteiger partial charge is 0.484 e. The third-order valence-electron chi connectivity index (χ3n) is 2.01. The molecule has 1 aromatic carbocycles. The van der Waals surface area contributed by atoms with Crippen LogP contribution in [-0.4, -0.2) is 29.9 Å². The van der Waals surface area contributed by atoms with Crippen LogP contribution in [0.25, 0.3) is 0 Å². The van der Waals surface area contributed by atoms with Crippen LogP contribution in [0, 0.1) is 0 Å². The molecule has 0 saturated carbocycles. The van der Waals surface area contributed by atoms with E-state index in [4.69, 9.17) is 5.11 Å². The summed E-state index contributed by atoms with van der Waals surface area (Å²) in [5.41, 5.74) is 0.490. The van der Waals surface area contributed by atoms with Crippen molar-refractivity contribution in [1.29, 1.82) is 0 Å². The normalized spacial score (nSPS) is 12.9. The quantitative estimate of drug-likeness (QED) is 0.857. The fourth-order valence-corrected chi connectivity index (χ4v) is 1.12. The number of anilines is 1. The van der Waals surface area contributed by atoms with E-state index in [2.05, 4.69) is 10.1 Å². The Balaban J connectivity index is 2.55. The SMILES string of the molecule is CC(Nc1ccc(OCC(F)(F)F)cc1)C(=O)O. The van der Waals surface area contributed by atoms with E-state index in [-0.39, 0.29) is 5.75 Å². The van der Waals surface area contributed by atoms with Gasteiger partial charge in [-0.15, -0.1) is 0 Å². The first-order valence-corrected chi connectivity index (χ1v) is 5.07. The molecule has 0 saturated heterocycles. The summed E-state index contributed by atoms with van der Waals surface area (Å²) in [6.45, 7) is 0.0989. The van der Waals surface area contributed by atoms with Crippen molar-refractivity contribution in [2.75, 3.05) is 11.9 Å².